The molecule has 1 aliphatic carbocycles. The van der Waals surface area contributed by atoms with Crippen molar-refractivity contribution in [3.8, 4) is 0 Å². The van der Waals surface area contributed by atoms with Crippen molar-refractivity contribution in [1.82, 2.24) is 0 Å². The summed E-state index contributed by atoms with van der Waals surface area (Å²) in [5.74, 6) is -0.101. The fourth-order valence-corrected chi connectivity index (χ4v) is 4.81. The van der Waals surface area contributed by atoms with Crippen molar-refractivity contribution in [3.05, 3.63) is 82.4 Å². The summed E-state index contributed by atoms with van der Waals surface area (Å²) in [6.07, 6.45) is 0.942. The molecule has 1 heterocycles. The summed E-state index contributed by atoms with van der Waals surface area (Å²) < 4.78 is 2.21. The van der Waals surface area contributed by atoms with Crippen LogP contribution in [0.15, 0.2) is 54.6 Å². The van der Waals surface area contributed by atoms with Crippen molar-refractivity contribution in [2.24, 2.45) is 0 Å². The van der Waals surface area contributed by atoms with Gasteiger partial charge in [0.1, 0.15) is 0 Å². The van der Waals surface area contributed by atoms with Crippen molar-refractivity contribution in [2.45, 2.75) is 13.3 Å². The number of aryl methyl sites for hydroxylation is 1. The molecular formula is C22H14O2S. The number of rotatable bonds is 1. The Morgan fingerprint density at radius 1 is 0.800 bits per heavy atom. The third-order valence-electron chi connectivity index (χ3n) is 5.00. The van der Waals surface area contributed by atoms with Crippen LogP contribution >= 0.6 is 11.3 Å². The smallest absolute Gasteiger partial charge is 0.195 e. The van der Waals surface area contributed by atoms with E-state index < -0.39 is 0 Å². The van der Waals surface area contributed by atoms with Gasteiger partial charge in [-0.2, -0.15) is 0 Å². The summed E-state index contributed by atoms with van der Waals surface area (Å²) in [4.78, 5) is 26.1. The van der Waals surface area contributed by atoms with E-state index in [0.29, 0.717) is 22.3 Å². The molecule has 0 unspecified atom stereocenters. The maximum Gasteiger partial charge on any atom is 0.195 e. The molecule has 0 bridgehead atoms. The number of carbonyl (C=O) groups excluding carboxylic acids is 2. The molecular weight excluding hydrogens is 328 g/mol. The number of fused-ring (bicyclic) bond motifs is 6. The average molecular weight is 342 g/mol. The maximum absolute atomic E-state index is 13.2. The first-order valence-electron chi connectivity index (χ1n) is 8.35. The second-order valence-electron chi connectivity index (χ2n) is 6.35. The summed E-state index contributed by atoms with van der Waals surface area (Å²) in [5.41, 5.74) is 3.35. The topological polar surface area (TPSA) is 34.1 Å². The van der Waals surface area contributed by atoms with E-state index in [-0.39, 0.29) is 11.6 Å². The van der Waals surface area contributed by atoms with Crippen molar-refractivity contribution in [3.63, 3.8) is 0 Å². The van der Waals surface area contributed by atoms with Gasteiger partial charge in [-0.1, -0.05) is 37.3 Å². The number of carbonyl (C=O) groups is 2. The van der Waals surface area contributed by atoms with Gasteiger partial charge in [-0.05, 0) is 36.2 Å². The van der Waals surface area contributed by atoms with Gasteiger partial charge in [-0.3, -0.25) is 9.59 Å². The Morgan fingerprint density at radius 2 is 1.52 bits per heavy atom. The van der Waals surface area contributed by atoms with E-state index in [9.17, 15) is 9.59 Å². The molecule has 0 fully saturated rings. The second-order valence-corrected chi connectivity index (χ2v) is 7.43. The zero-order valence-corrected chi connectivity index (χ0v) is 14.4. The van der Waals surface area contributed by atoms with Gasteiger partial charge in [0, 0.05) is 42.4 Å². The minimum atomic E-state index is -0.0573. The minimum absolute atomic E-state index is 0.0441. The number of hydrogen-bond donors (Lipinski definition) is 0. The SMILES string of the molecule is CCc1ccc2sc3ccc4c(c3c2c1)C(=O)c1ccccc1C4=O. The molecule has 25 heavy (non-hydrogen) atoms. The van der Waals surface area contributed by atoms with Gasteiger partial charge in [0.15, 0.2) is 11.6 Å². The van der Waals surface area contributed by atoms with Crippen molar-refractivity contribution >= 4 is 43.1 Å². The number of benzene rings is 3. The predicted molar refractivity (Wildman–Crippen MR) is 102 cm³/mol. The van der Waals surface area contributed by atoms with Crippen LogP contribution in [0.25, 0.3) is 20.2 Å². The highest BCUT2D eigenvalue weighted by Gasteiger charge is 2.31. The predicted octanol–water partition coefficient (Wildman–Crippen LogP) is 5.39. The van der Waals surface area contributed by atoms with E-state index in [1.165, 1.54) is 5.56 Å². The molecule has 1 aromatic heterocycles. The standard InChI is InChI=1S/C22H14O2S/c1-2-12-7-9-17-16(11-12)19-18(25-17)10-8-15-20(19)22(24)14-6-4-3-5-13(14)21(15)23/h3-11H,2H2,1H3. The first kappa shape index (κ1) is 14.6. The van der Waals surface area contributed by atoms with Crippen molar-refractivity contribution < 1.29 is 9.59 Å². The third kappa shape index (κ3) is 1.90. The molecule has 1 aliphatic rings. The Balaban J connectivity index is 1.93. The molecule has 0 atom stereocenters. The molecule has 0 radical (unpaired) electrons. The van der Waals surface area contributed by atoms with Crippen LogP contribution in [0, 0.1) is 0 Å². The van der Waals surface area contributed by atoms with Crippen LogP contribution in [0.3, 0.4) is 0 Å². The Kier molecular flexibility index (Phi) is 2.97. The molecule has 3 aromatic carbocycles. The summed E-state index contributed by atoms with van der Waals surface area (Å²) in [6, 6.07) is 17.3. The molecule has 0 spiro atoms. The lowest BCUT2D eigenvalue weighted by Gasteiger charge is -2.18. The van der Waals surface area contributed by atoms with Crippen LogP contribution in [-0.4, -0.2) is 11.6 Å². The molecule has 3 heteroatoms. The lowest BCUT2D eigenvalue weighted by atomic mass is 9.82. The molecule has 0 N–H and O–H groups in total. The second kappa shape index (κ2) is 5.11. The first-order valence-corrected chi connectivity index (χ1v) is 9.17. The fourth-order valence-electron chi connectivity index (χ4n) is 3.72. The summed E-state index contributed by atoms with van der Waals surface area (Å²) in [5, 5.41) is 2.01. The zero-order chi connectivity index (χ0) is 17.1. The Hall–Kier alpha value is -2.78. The van der Waals surface area contributed by atoms with Crippen molar-refractivity contribution in [2.75, 3.05) is 0 Å². The maximum atomic E-state index is 13.2. The van der Waals surface area contributed by atoms with Gasteiger partial charge in [0.05, 0.1) is 0 Å². The van der Waals surface area contributed by atoms with E-state index >= 15 is 0 Å². The minimum Gasteiger partial charge on any atom is -0.289 e. The van der Waals surface area contributed by atoms with Gasteiger partial charge >= 0.3 is 0 Å². The van der Waals surface area contributed by atoms with Gasteiger partial charge in [0.25, 0.3) is 0 Å². The van der Waals surface area contributed by atoms with E-state index in [0.717, 1.165) is 26.6 Å². The van der Waals surface area contributed by atoms with Gasteiger partial charge < -0.3 is 0 Å². The van der Waals surface area contributed by atoms with E-state index in [1.807, 2.05) is 18.2 Å². The highest BCUT2D eigenvalue weighted by Crippen LogP contribution is 2.41. The van der Waals surface area contributed by atoms with Crippen LogP contribution in [0.5, 0.6) is 0 Å². The lowest BCUT2D eigenvalue weighted by Crippen LogP contribution is -2.20. The van der Waals surface area contributed by atoms with Gasteiger partial charge in [-0.25, -0.2) is 0 Å². The fraction of sp³-hybridized carbons (Fsp3) is 0.0909. The number of ketones is 2. The molecule has 2 nitrogen and oxygen atoms in total. The molecule has 0 aliphatic heterocycles. The van der Waals surface area contributed by atoms with Crippen LogP contribution in [0.1, 0.15) is 44.3 Å². The highest BCUT2D eigenvalue weighted by molar-refractivity contribution is 7.25. The Bertz CT molecular complexity index is 1210. The largest absolute Gasteiger partial charge is 0.289 e. The first-order chi connectivity index (χ1) is 12.2. The normalized spacial score (nSPS) is 13.3. The molecule has 0 saturated carbocycles. The van der Waals surface area contributed by atoms with E-state index in [2.05, 4.69) is 25.1 Å². The molecule has 0 saturated heterocycles. The summed E-state index contributed by atoms with van der Waals surface area (Å²) >= 11 is 1.67. The van der Waals surface area contributed by atoms with E-state index in [4.69, 9.17) is 0 Å². The number of thiophene rings is 1. The van der Waals surface area contributed by atoms with Crippen LogP contribution in [0.4, 0.5) is 0 Å². The zero-order valence-electron chi connectivity index (χ0n) is 13.6. The monoisotopic (exact) mass is 342 g/mol. The Labute approximate surface area is 148 Å². The van der Waals surface area contributed by atoms with Crippen molar-refractivity contribution in [1.29, 1.82) is 0 Å². The van der Waals surface area contributed by atoms with Crippen LogP contribution in [0.2, 0.25) is 0 Å². The molecule has 0 amide bonds. The average Bonchev–Trinajstić information content (AvgIpc) is 3.03. The van der Waals surface area contributed by atoms with Gasteiger partial charge in [0.2, 0.25) is 0 Å². The van der Waals surface area contributed by atoms with E-state index in [1.54, 1.807) is 29.5 Å². The lowest BCUT2D eigenvalue weighted by molar-refractivity contribution is 0.0980. The summed E-state index contributed by atoms with van der Waals surface area (Å²) in [7, 11) is 0. The third-order valence-corrected chi connectivity index (χ3v) is 6.13. The molecule has 4 aromatic rings. The molecule has 120 valence electrons. The number of hydrogen-bond acceptors (Lipinski definition) is 3. The Morgan fingerprint density at radius 3 is 2.28 bits per heavy atom. The van der Waals surface area contributed by atoms with Crippen LogP contribution in [-0.2, 0) is 6.42 Å². The van der Waals surface area contributed by atoms with Crippen LogP contribution < -0.4 is 0 Å². The van der Waals surface area contributed by atoms with Gasteiger partial charge in [-0.15, -0.1) is 11.3 Å². The highest BCUT2D eigenvalue weighted by atomic mass is 32.1. The summed E-state index contributed by atoms with van der Waals surface area (Å²) in [6.45, 7) is 2.12. The molecule has 5 rings (SSSR count). The quantitative estimate of drug-likeness (QED) is 0.409.